The summed E-state index contributed by atoms with van der Waals surface area (Å²) < 4.78 is 3.67. The van der Waals surface area contributed by atoms with Crippen LogP contribution >= 0.6 is 11.6 Å². The van der Waals surface area contributed by atoms with Crippen molar-refractivity contribution in [2.24, 2.45) is 7.05 Å². The number of hydrogen-bond donors (Lipinski definition) is 0. The molecule has 2 aromatic rings. The van der Waals surface area contributed by atoms with Crippen LogP contribution in [-0.2, 0) is 13.6 Å². The zero-order valence-corrected chi connectivity index (χ0v) is 12.0. The maximum Gasteiger partial charge on any atom is 0.353 e. The van der Waals surface area contributed by atoms with Crippen LogP contribution in [0.15, 0.2) is 15.7 Å². The number of pyridine rings is 1. The summed E-state index contributed by atoms with van der Waals surface area (Å²) in [6, 6.07) is 1.81. The zero-order chi connectivity index (χ0) is 14.3. The quantitative estimate of drug-likeness (QED) is 0.773. The van der Waals surface area contributed by atoms with E-state index in [4.69, 9.17) is 11.6 Å². The highest BCUT2D eigenvalue weighted by molar-refractivity contribution is 6.30. The maximum absolute atomic E-state index is 12.2. The number of nitrogens with zero attached hydrogens (tertiary/aromatic N) is 4. The van der Waals surface area contributed by atoms with E-state index in [0.717, 1.165) is 15.7 Å². The Kier molecular flexibility index (Phi) is 3.36. The molecule has 2 heterocycles. The molecule has 0 saturated carbocycles. The molecule has 0 unspecified atom stereocenters. The summed E-state index contributed by atoms with van der Waals surface area (Å²) in [4.78, 5) is 28.5. The Bertz CT molecular complexity index is 754. The lowest BCUT2D eigenvalue weighted by Gasteiger charge is -2.06. The Labute approximate surface area is 114 Å². The van der Waals surface area contributed by atoms with Crippen molar-refractivity contribution in [2.75, 3.05) is 0 Å². The minimum Gasteiger partial charge on any atom is -0.245 e. The van der Waals surface area contributed by atoms with Gasteiger partial charge in [0.1, 0.15) is 11.0 Å². The van der Waals surface area contributed by atoms with E-state index in [-0.39, 0.29) is 5.82 Å². The monoisotopic (exact) mass is 282 g/mol. The summed E-state index contributed by atoms with van der Waals surface area (Å²) in [5.41, 5.74) is 0.700. The summed E-state index contributed by atoms with van der Waals surface area (Å²) in [6.07, 6.45) is 0. The van der Waals surface area contributed by atoms with Gasteiger partial charge in [-0.1, -0.05) is 11.6 Å². The first-order valence-electron chi connectivity index (χ1n) is 5.91. The standard InChI is InChI=1S/C12H15ClN4O2/c1-5-16-12(19)17(11(18)15(16)4)10-8(3)6-7(2)9(13)14-10/h6H,5H2,1-4H3. The van der Waals surface area contributed by atoms with Gasteiger partial charge in [-0.2, -0.15) is 4.57 Å². The Hall–Kier alpha value is -1.82. The molecule has 0 radical (unpaired) electrons. The molecule has 0 saturated heterocycles. The molecule has 7 heteroatoms. The van der Waals surface area contributed by atoms with Crippen molar-refractivity contribution in [2.45, 2.75) is 27.3 Å². The van der Waals surface area contributed by atoms with Crippen LogP contribution in [-0.4, -0.2) is 18.9 Å². The minimum absolute atomic E-state index is 0.286. The molecule has 19 heavy (non-hydrogen) atoms. The van der Waals surface area contributed by atoms with E-state index in [2.05, 4.69) is 4.98 Å². The van der Waals surface area contributed by atoms with Crippen LogP contribution in [0.3, 0.4) is 0 Å². The van der Waals surface area contributed by atoms with E-state index in [0.29, 0.717) is 11.7 Å². The molecule has 0 aliphatic heterocycles. The molecule has 0 aliphatic carbocycles. The van der Waals surface area contributed by atoms with Crippen molar-refractivity contribution >= 4 is 11.6 Å². The van der Waals surface area contributed by atoms with Gasteiger partial charge in [-0.3, -0.25) is 0 Å². The van der Waals surface area contributed by atoms with Crippen LogP contribution in [0.1, 0.15) is 18.1 Å². The largest absolute Gasteiger partial charge is 0.353 e. The predicted octanol–water partition coefficient (Wildman–Crippen LogP) is 1.02. The Morgan fingerprint density at radius 1 is 1.21 bits per heavy atom. The van der Waals surface area contributed by atoms with Crippen LogP contribution in [0, 0.1) is 13.8 Å². The van der Waals surface area contributed by atoms with Gasteiger partial charge in [0.15, 0.2) is 0 Å². The maximum atomic E-state index is 12.2. The molecule has 6 nitrogen and oxygen atoms in total. The second kappa shape index (κ2) is 4.70. The molecule has 0 N–H and O–H groups in total. The third kappa shape index (κ3) is 2.02. The Morgan fingerprint density at radius 3 is 2.37 bits per heavy atom. The Morgan fingerprint density at radius 2 is 1.84 bits per heavy atom. The molecular weight excluding hydrogens is 268 g/mol. The van der Waals surface area contributed by atoms with E-state index >= 15 is 0 Å². The highest BCUT2D eigenvalue weighted by Crippen LogP contribution is 2.17. The van der Waals surface area contributed by atoms with Gasteiger partial charge in [-0.05, 0) is 38.0 Å². The first kappa shape index (κ1) is 13.6. The average Bonchev–Trinajstić information content (AvgIpc) is 2.56. The van der Waals surface area contributed by atoms with E-state index in [1.165, 1.54) is 9.36 Å². The molecule has 2 rings (SSSR count). The number of aromatic nitrogens is 4. The predicted molar refractivity (Wildman–Crippen MR) is 73.2 cm³/mol. The third-order valence-corrected chi connectivity index (χ3v) is 3.45. The molecular formula is C12H15ClN4O2. The first-order chi connectivity index (χ1) is 8.88. The van der Waals surface area contributed by atoms with E-state index in [1.54, 1.807) is 27.0 Å². The molecule has 0 aromatic carbocycles. The fourth-order valence-corrected chi connectivity index (χ4v) is 2.18. The highest BCUT2D eigenvalue weighted by Gasteiger charge is 2.17. The summed E-state index contributed by atoms with van der Waals surface area (Å²) >= 11 is 5.98. The third-order valence-electron chi connectivity index (χ3n) is 3.07. The van der Waals surface area contributed by atoms with E-state index < -0.39 is 11.4 Å². The zero-order valence-electron chi connectivity index (χ0n) is 11.3. The molecule has 2 aromatic heterocycles. The van der Waals surface area contributed by atoms with Crippen molar-refractivity contribution in [1.82, 2.24) is 18.9 Å². The van der Waals surface area contributed by atoms with Gasteiger partial charge in [-0.15, -0.1) is 0 Å². The summed E-state index contributed by atoms with van der Waals surface area (Å²) in [5, 5.41) is 0.291. The summed E-state index contributed by atoms with van der Waals surface area (Å²) in [5.74, 6) is 0.286. The molecule has 102 valence electrons. The van der Waals surface area contributed by atoms with Crippen LogP contribution < -0.4 is 11.4 Å². The van der Waals surface area contributed by atoms with Crippen LogP contribution in [0.4, 0.5) is 0 Å². The van der Waals surface area contributed by atoms with E-state index in [9.17, 15) is 9.59 Å². The van der Waals surface area contributed by atoms with Crippen LogP contribution in [0.2, 0.25) is 5.15 Å². The average molecular weight is 283 g/mol. The molecule has 0 bridgehead atoms. The second-order valence-corrected chi connectivity index (χ2v) is 4.73. The highest BCUT2D eigenvalue weighted by atomic mass is 35.5. The van der Waals surface area contributed by atoms with Crippen molar-refractivity contribution in [3.8, 4) is 5.82 Å². The van der Waals surface area contributed by atoms with E-state index in [1.807, 2.05) is 6.92 Å². The van der Waals surface area contributed by atoms with Gasteiger partial charge in [0.2, 0.25) is 0 Å². The molecule has 0 spiro atoms. The number of halogens is 1. The van der Waals surface area contributed by atoms with Crippen LogP contribution in [0.25, 0.3) is 5.82 Å². The van der Waals surface area contributed by atoms with Crippen molar-refractivity contribution in [3.05, 3.63) is 43.3 Å². The molecule has 0 atom stereocenters. The second-order valence-electron chi connectivity index (χ2n) is 4.38. The van der Waals surface area contributed by atoms with Crippen molar-refractivity contribution in [1.29, 1.82) is 0 Å². The van der Waals surface area contributed by atoms with Crippen molar-refractivity contribution in [3.63, 3.8) is 0 Å². The van der Waals surface area contributed by atoms with Gasteiger partial charge < -0.3 is 0 Å². The summed E-state index contributed by atoms with van der Waals surface area (Å²) in [7, 11) is 1.55. The molecule has 0 aliphatic rings. The summed E-state index contributed by atoms with van der Waals surface area (Å²) in [6.45, 7) is 5.83. The minimum atomic E-state index is -0.428. The van der Waals surface area contributed by atoms with Gasteiger partial charge in [0.05, 0.1) is 0 Å². The normalized spacial score (nSPS) is 11.0. The Balaban J connectivity index is 2.84. The lowest BCUT2D eigenvalue weighted by molar-refractivity contribution is 0.509. The fourth-order valence-electron chi connectivity index (χ4n) is 2.05. The van der Waals surface area contributed by atoms with Gasteiger partial charge in [0, 0.05) is 13.6 Å². The van der Waals surface area contributed by atoms with Crippen LogP contribution in [0.5, 0.6) is 0 Å². The molecule has 0 fully saturated rings. The fraction of sp³-hybridized carbons (Fsp3) is 0.417. The van der Waals surface area contributed by atoms with Gasteiger partial charge >= 0.3 is 11.4 Å². The topological polar surface area (TPSA) is 61.8 Å². The number of hydrogen-bond acceptors (Lipinski definition) is 3. The lowest BCUT2D eigenvalue weighted by Crippen LogP contribution is -2.28. The van der Waals surface area contributed by atoms with Gasteiger partial charge in [-0.25, -0.2) is 23.9 Å². The van der Waals surface area contributed by atoms with Crippen molar-refractivity contribution < 1.29 is 0 Å². The van der Waals surface area contributed by atoms with Gasteiger partial charge in [0.25, 0.3) is 0 Å². The lowest BCUT2D eigenvalue weighted by atomic mass is 10.2. The first-order valence-corrected chi connectivity index (χ1v) is 6.29. The smallest absolute Gasteiger partial charge is 0.245 e. The SMILES string of the molecule is CCn1c(=O)n(-c2nc(Cl)c(C)cc2C)c(=O)n1C. The number of aryl methyl sites for hydroxylation is 2. The molecule has 0 amide bonds. The number of rotatable bonds is 2.